The van der Waals surface area contributed by atoms with Crippen molar-refractivity contribution in [1.29, 1.82) is 0 Å². The first kappa shape index (κ1) is 24.1. The van der Waals surface area contributed by atoms with Gasteiger partial charge < -0.3 is 19.5 Å². The molecule has 8 heteroatoms. The number of carbonyl (C=O) groups excluding carboxylic acids is 3. The number of amides is 3. The molecular formula is C25H30N2O6. The number of methoxy groups -OCH3 is 1. The summed E-state index contributed by atoms with van der Waals surface area (Å²) >= 11 is 0. The predicted molar refractivity (Wildman–Crippen MR) is 122 cm³/mol. The fourth-order valence-corrected chi connectivity index (χ4v) is 3.59. The summed E-state index contributed by atoms with van der Waals surface area (Å²) in [5.41, 5.74) is 0.840. The average molecular weight is 455 g/mol. The largest absolute Gasteiger partial charge is 0.497 e. The van der Waals surface area contributed by atoms with Gasteiger partial charge in [0.1, 0.15) is 24.1 Å². The first-order valence-corrected chi connectivity index (χ1v) is 11.0. The minimum atomic E-state index is -0.864. The maximum absolute atomic E-state index is 13.1. The molecule has 1 heterocycles. The van der Waals surface area contributed by atoms with E-state index in [4.69, 9.17) is 14.2 Å². The maximum atomic E-state index is 13.1. The summed E-state index contributed by atoms with van der Waals surface area (Å²) in [5, 5.41) is 2.63. The smallest absolute Gasteiger partial charge is 0.408 e. The molecule has 3 amide bonds. The number of nitrogens with zero attached hydrogens (tertiary/aromatic N) is 1. The van der Waals surface area contributed by atoms with Gasteiger partial charge in [0.05, 0.1) is 7.11 Å². The molecule has 0 aliphatic carbocycles. The standard InChI is InChI=1S/C25H30N2O6/c1-17(2)15-21(26-25(30)32-16-18-7-5-4-6-8-18)23(28)27-14-13-22(24(27)29)33-20-11-9-19(31-3)10-12-20/h4-12,17,21-22H,13-16H2,1-3H3,(H,26,30)/t21-,22?/m0/s1. The van der Waals surface area contributed by atoms with E-state index in [0.29, 0.717) is 24.3 Å². The Morgan fingerprint density at radius 1 is 1.06 bits per heavy atom. The summed E-state index contributed by atoms with van der Waals surface area (Å²) in [7, 11) is 1.57. The van der Waals surface area contributed by atoms with Crippen molar-refractivity contribution >= 4 is 17.9 Å². The highest BCUT2D eigenvalue weighted by atomic mass is 16.5. The molecule has 1 unspecified atom stereocenters. The van der Waals surface area contributed by atoms with Gasteiger partial charge in [-0.15, -0.1) is 0 Å². The summed E-state index contributed by atoms with van der Waals surface area (Å²) in [6.07, 6.45) is -0.695. The second kappa shape index (κ2) is 11.4. The van der Waals surface area contributed by atoms with E-state index in [-0.39, 0.29) is 19.1 Å². The van der Waals surface area contributed by atoms with Gasteiger partial charge in [0.2, 0.25) is 0 Å². The zero-order valence-corrected chi connectivity index (χ0v) is 19.2. The van der Waals surface area contributed by atoms with Crippen LogP contribution in [0.1, 0.15) is 32.3 Å². The van der Waals surface area contributed by atoms with Gasteiger partial charge in [-0.1, -0.05) is 44.2 Å². The quantitative estimate of drug-likeness (QED) is 0.623. The summed E-state index contributed by atoms with van der Waals surface area (Å²) in [6.45, 7) is 4.21. The van der Waals surface area contributed by atoms with Gasteiger partial charge in [-0.25, -0.2) is 4.79 Å². The third kappa shape index (κ3) is 6.71. The normalized spacial score (nSPS) is 16.4. The molecule has 3 rings (SSSR count). The molecule has 2 aromatic rings. The SMILES string of the molecule is COc1ccc(OC2CCN(C(=O)[C@H](CC(C)C)NC(=O)OCc3ccccc3)C2=O)cc1. The molecular weight excluding hydrogens is 424 g/mol. The third-order valence-electron chi connectivity index (χ3n) is 5.27. The minimum absolute atomic E-state index is 0.0929. The molecule has 0 radical (unpaired) electrons. The molecule has 2 aromatic carbocycles. The molecule has 1 saturated heterocycles. The second-order valence-corrected chi connectivity index (χ2v) is 8.29. The Kier molecular flexibility index (Phi) is 8.29. The van der Waals surface area contributed by atoms with Crippen LogP contribution in [0.2, 0.25) is 0 Å². The van der Waals surface area contributed by atoms with Crippen LogP contribution in [0.5, 0.6) is 11.5 Å². The summed E-state index contributed by atoms with van der Waals surface area (Å²) in [6, 6.07) is 15.3. The molecule has 8 nitrogen and oxygen atoms in total. The van der Waals surface area contributed by atoms with Crippen molar-refractivity contribution in [3.63, 3.8) is 0 Å². The van der Waals surface area contributed by atoms with Crippen molar-refractivity contribution < 1.29 is 28.6 Å². The fraction of sp³-hybridized carbons (Fsp3) is 0.400. The Hall–Kier alpha value is -3.55. The molecule has 1 aliphatic heterocycles. The first-order chi connectivity index (χ1) is 15.9. The number of hydrogen-bond donors (Lipinski definition) is 1. The fourth-order valence-electron chi connectivity index (χ4n) is 3.59. The van der Waals surface area contributed by atoms with E-state index in [1.54, 1.807) is 31.4 Å². The topological polar surface area (TPSA) is 94.2 Å². The lowest BCUT2D eigenvalue weighted by Gasteiger charge is -2.24. The lowest BCUT2D eigenvalue weighted by Crippen LogP contribution is -2.50. The third-order valence-corrected chi connectivity index (χ3v) is 5.27. The Labute approximate surface area is 193 Å². The zero-order valence-electron chi connectivity index (χ0n) is 19.2. The number of nitrogens with one attached hydrogen (secondary N) is 1. The van der Waals surface area contributed by atoms with Crippen LogP contribution in [0, 0.1) is 5.92 Å². The lowest BCUT2D eigenvalue weighted by molar-refractivity contribution is -0.146. The molecule has 0 aromatic heterocycles. The number of imide groups is 1. The van der Waals surface area contributed by atoms with Gasteiger partial charge in [0, 0.05) is 13.0 Å². The second-order valence-electron chi connectivity index (χ2n) is 8.29. The van der Waals surface area contributed by atoms with Gasteiger partial charge in [0.25, 0.3) is 11.8 Å². The van der Waals surface area contributed by atoms with Crippen molar-refractivity contribution in [3.8, 4) is 11.5 Å². The number of likely N-dealkylation sites (tertiary alicyclic amines) is 1. The molecule has 0 spiro atoms. The van der Waals surface area contributed by atoms with Crippen LogP contribution in [-0.2, 0) is 20.9 Å². The Balaban J connectivity index is 1.59. The van der Waals surface area contributed by atoms with Crippen molar-refractivity contribution in [2.45, 2.75) is 45.4 Å². The van der Waals surface area contributed by atoms with Crippen molar-refractivity contribution in [2.75, 3.05) is 13.7 Å². The Bertz CT molecular complexity index is 945. The van der Waals surface area contributed by atoms with Crippen molar-refractivity contribution in [3.05, 3.63) is 60.2 Å². The molecule has 0 saturated carbocycles. The highest BCUT2D eigenvalue weighted by Gasteiger charge is 2.40. The van der Waals surface area contributed by atoms with Gasteiger partial charge in [-0.3, -0.25) is 14.5 Å². The van der Waals surface area contributed by atoms with E-state index in [1.807, 2.05) is 44.2 Å². The van der Waals surface area contributed by atoms with Crippen LogP contribution in [0.25, 0.3) is 0 Å². The van der Waals surface area contributed by atoms with Gasteiger partial charge in [-0.05, 0) is 42.2 Å². The molecule has 176 valence electrons. The van der Waals surface area contributed by atoms with Crippen molar-refractivity contribution in [1.82, 2.24) is 10.2 Å². The Morgan fingerprint density at radius 3 is 2.36 bits per heavy atom. The number of rotatable bonds is 9. The summed E-state index contributed by atoms with van der Waals surface area (Å²) < 4.78 is 16.2. The molecule has 1 N–H and O–H groups in total. The maximum Gasteiger partial charge on any atom is 0.408 e. The molecule has 1 fully saturated rings. The minimum Gasteiger partial charge on any atom is -0.497 e. The number of benzene rings is 2. The first-order valence-electron chi connectivity index (χ1n) is 11.0. The van der Waals surface area contributed by atoms with Gasteiger partial charge >= 0.3 is 6.09 Å². The van der Waals surface area contributed by atoms with Crippen LogP contribution in [0.15, 0.2) is 54.6 Å². The van der Waals surface area contributed by atoms with Crippen LogP contribution < -0.4 is 14.8 Å². The van der Waals surface area contributed by atoms with Crippen LogP contribution in [0.3, 0.4) is 0 Å². The molecule has 2 atom stereocenters. The van der Waals surface area contributed by atoms with Crippen LogP contribution in [-0.4, -0.2) is 48.6 Å². The number of ether oxygens (including phenoxy) is 3. The zero-order chi connectivity index (χ0) is 23.8. The molecule has 33 heavy (non-hydrogen) atoms. The number of alkyl carbamates (subject to hydrolysis) is 1. The monoisotopic (exact) mass is 454 g/mol. The number of hydrogen-bond acceptors (Lipinski definition) is 6. The van der Waals surface area contributed by atoms with E-state index in [2.05, 4.69) is 5.32 Å². The highest BCUT2D eigenvalue weighted by Crippen LogP contribution is 2.23. The number of carbonyl (C=O) groups is 3. The van der Waals surface area contributed by atoms with Crippen LogP contribution >= 0.6 is 0 Å². The summed E-state index contributed by atoms with van der Waals surface area (Å²) in [4.78, 5) is 39.5. The van der Waals surface area contributed by atoms with Crippen molar-refractivity contribution in [2.24, 2.45) is 5.92 Å². The molecule has 1 aliphatic rings. The lowest BCUT2D eigenvalue weighted by atomic mass is 10.0. The Morgan fingerprint density at radius 2 is 1.73 bits per heavy atom. The van der Waals surface area contributed by atoms with E-state index >= 15 is 0 Å². The molecule has 0 bridgehead atoms. The highest BCUT2D eigenvalue weighted by molar-refractivity contribution is 6.02. The van der Waals surface area contributed by atoms with E-state index in [9.17, 15) is 14.4 Å². The van der Waals surface area contributed by atoms with E-state index in [1.165, 1.54) is 4.90 Å². The van der Waals surface area contributed by atoms with E-state index in [0.717, 1.165) is 5.56 Å². The average Bonchev–Trinajstić information content (AvgIpc) is 3.17. The van der Waals surface area contributed by atoms with Gasteiger partial charge in [-0.2, -0.15) is 0 Å². The van der Waals surface area contributed by atoms with E-state index < -0.39 is 30.1 Å². The van der Waals surface area contributed by atoms with Gasteiger partial charge in [0.15, 0.2) is 6.10 Å². The predicted octanol–water partition coefficient (Wildman–Crippen LogP) is 3.54. The summed E-state index contributed by atoms with van der Waals surface area (Å²) in [5.74, 6) is 0.455. The van der Waals surface area contributed by atoms with Crippen LogP contribution in [0.4, 0.5) is 4.79 Å².